The van der Waals surface area contributed by atoms with Gasteiger partial charge in [0.2, 0.25) is 6.79 Å². The highest BCUT2D eigenvalue weighted by molar-refractivity contribution is 8.00. The van der Waals surface area contributed by atoms with Crippen molar-refractivity contribution in [3.05, 3.63) is 28.2 Å². The number of amides is 2. The van der Waals surface area contributed by atoms with Gasteiger partial charge >= 0.3 is 11.9 Å². The molecular formula is C22H27N9O7S2. The monoisotopic (exact) mass is 593 g/mol. The van der Waals surface area contributed by atoms with Gasteiger partial charge in [0.05, 0.1) is 12.0 Å². The van der Waals surface area contributed by atoms with Crippen LogP contribution in [0.5, 0.6) is 0 Å². The number of rotatable bonds is 9. The minimum Gasteiger partial charge on any atom is -0.427 e. The van der Waals surface area contributed by atoms with E-state index < -0.39 is 47.4 Å². The third kappa shape index (κ3) is 6.06. The molecule has 2 amide bonds. The number of carbonyl (C=O) groups excluding carboxylic acids is 4. The predicted molar refractivity (Wildman–Crippen MR) is 141 cm³/mol. The van der Waals surface area contributed by atoms with Crippen LogP contribution in [-0.4, -0.2) is 90.6 Å². The van der Waals surface area contributed by atoms with Gasteiger partial charge in [-0.15, -0.1) is 33.3 Å². The number of hydrogen-bond acceptors (Lipinski definition) is 15. The van der Waals surface area contributed by atoms with Crippen LogP contribution in [0.15, 0.2) is 21.8 Å². The first-order chi connectivity index (χ1) is 18.9. The maximum absolute atomic E-state index is 13.3. The molecule has 0 spiro atoms. The second kappa shape index (κ2) is 11.6. The molecule has 1 saturated heterocycles. The Balaban J connectivity index is 1.53. The van der Waals surface area contributed by atoms with E-state index in [9.17, 15) is 19.2 Å². The third-order valence-corrected chi connectivity index (χ3v) is 7.58. The summed E-state index contributed by atoms with van der Waals surface area (Å²) in [4.78, 5) is 62.9. The Kier molecular flexibility index (Phi) is 8.38. The summed E-state index contributed by atoms with van der Waals surface area (Å²) in [5, 5.41) is 19.4. The van der Waals surface area contributed by atoms with Gasteiger partial charge in [0.1, 0.15) is 29.9 Å². The summed E-state index contributed by atoms with van der Waals surface area (Å²) in [6.07, 6.45) is 0. The first-order valence-corrected chi connectivity index (χ1v) is 13.7. The molecule has 1 fully saturated rings. The number of fused-ring (bicyclic) bond motifs is 1. The first-order valence-electron chi connectivity index (χ1n) is 11.8. The Morgan fingerprint density at radius 2 is 2.02 bits per heavy atom. The van der Waals surface area contributed by atoms with Crippen LogP contribution in [0.1, 0.15) is 32.3 Å². The van der Waals surface area contributed by atoms with Crippen LogP contribution in [0, 0.1) is 12.3 Å². The van der Waals surface area contributed by atoms with E-state index in [2.05, 4.69) is 30.9 Å². The Hall–Kier alpha value is -4.06. The van der Waals surface area contributed by atoms with Gasteiger partial charge in [-0.25, -0.2) is 9.78 Å². The number of tetrazole rings is 1. The number of thiazole rings is 1. The Bertz CT molecular complexity index is 1390. The zero-order valence-electron chi connectivity index (χ0n) is 22.2. The zero-order valence-corrected chi connectivity index (χ0v) is 23.9. The van der Waals surface area contributed by atoms with Gasteiger partial charge in [0, 0.05) is 11.1 Å². The number of nitrogen functional groups attached to an aromatic ring is 1. The molecular weight excluding hydrogens is 566 g/mol. The minimum atomic E-state index is -0.981. The average molecular weight is 594 g/mol. The van der Waals surface area contributed by atoms with Gasteiger partial charge in [0.15, 0.2) is 16.7 Å². The molecule has 2 atom stereocenters. The van der Waals surface area contributed by atoms with E-state index in [1.807, 2.05) is 0 Å². The van der Waals surface area contributed by atoms with Crippen molar-refractivity contribution in [3.8, 4) is 0 Å². The summed E-state index contributed by atoms with van der Waals surface area (Å²) in [5.74, 6) is -1.99. The molecule has 40 heavy (non-hydrogen) atoms. The van der Waals surface area contributed by atoms with E-state index in [-0.39, 0.29) is 34.5 Å². The Morgan fingerprint density at radius 1 is 1.27 bits per heavy atom. The standard InChI is InChI=1S/C22H27N9O7S2/c1-10-26-29-30(27-10)6-11-7-39-18-14(25-16(32)13(28-36-5)12-8-40-21(23)24-12)17(33)31(18)15(11)19(34)37-9-38-20(35)22(2,3)4/h8,14,18H,6-7,9H2,1-5H3,(H2,23,24)(H,25,32)/b28-13+/t14?,18-/m1/s1. The van der Waals surface area contributed by atoms with Crippen LogP contribution in [0.25, 0.3) is 0 Å². The number of aromatic nitrogens is 5. The van der Waals surface area contributed by atoms with Crippen molar-refractivity contribution < 1.29 is 33.5 Å². The highest BCUT2D eigenvalue weighted by atomic mass is 32.2. The highest BCUT2D eigenvalue weighted by Crippen LogP contribution is 2.41. The van der Waals surface area contributed by atoms with Crippen molar-refractivity contribution in [2.24, 2.45) is 10.6 Å². The van der Waals surface area contributed by atoms with E-state index in [0.717, 1.165) is 11.3 Å². The van der Waals surface area contributed by atoms with Crippen molar-refractivity contribution in [1.29, 1.82) is 0 Å². The fraction of sp³-hybridized carbons (Fsp3) is 0.500. The molecule has 4 heterocycles. The first kappa shape index (κ1) is 28.9. The van der Waals surface area contributed by atoms with Gasteiger partial charge in [-0.05, 0) is 38.5 Å². The summed E-state index contributed by atoms with van der Waals surface area (Å²) in [6, 6.07) is -0.981. The van der Waals surface area contributed by atoms with E-state index >= 15 is 0 Å². The topological polar surface area (TPSA) is 206 Å². The van der Waals surface area contributed by atoms with Gasteiger partial charge in [-0.1, -0.05) is 5.16 Å². The molecule has 1 unspecified atom stereocenters. The molecule has 2 aromatic heterocycles. The van der Waals surface area contributed by atoms with E-state index in [0.29, 0.717) is 11.4 Å². The summed E-state index contributed by atoms with van der Waals surface area (Å²) in [7, 11) is 1.27. The summed E-state index contributed by atoms with van der Waals surface area (Å²) >= 11 is 2.44. The van der Waals surface area contributed by atoms with Crippen molar-refractivity contribution in [3.63, 3.8) is 0 Å². The van der Waals surface area contributed by atoms with Crippen LogP contribution in [0.2, 0.25) is 0 Å². The van der Waals surface area contributed by atoms with Crippen LogP contribution in [-0.2, 0) is 40.0 Å². The number of nitrogens with two attached hydrogens (primary N) is 1. The number of nitrogens with zero attached hydrogens (tertiary/aromatic N) is 7. The van der Waals surface area contributed by atoms with Gasteiger partial charge in [0.25, 0.3) is 11.8 Å². The molecule has 16 nitrogen and oxygen atoms in total. The molecule has 0 radical (unpaired) electrons. The van der Waals surface area contributed by atoms with E-state index in [1.54, 1.807) is 27.7 Å². The largest absolute Gasteiger partial charge is 0.427 e. The lowest BCUT2D eigenvalue weighted by molar-refractivity contribution is -0.173. The van der Waals surface area contributed by atoms with Gasteiger partial charge < -0.3 is 25.4 Å². The number of anilines is 1. The lowest BCUT2D eigenvalue weighted by atomic mass is 9.98. The summed E-state index contributed by atoms with van der Waals surface area (Å²) in [6.45, 7) is 6.06. The molecule has 2 aliphatic rings. The molecule has 0 saturated carbocycles. The average Bonchev–Trinajstić information content (AvgIpc) is 3.51. The number of β-lactam (4-membered cyclic amide) rings is 1. The number of hydrogen-bond donors (Lipinski definition) is 2. The van der Waals surface area contributed by atoms with Crippen molar-refractivity contribution in [2.45, 2.75) is 45.7 Å². The van der Waals surface area contributed by atoms with Crippen molar-refractivity contribution in [2.75, 3.05) is 25.4 Å². The number of carbonyl (C=O) groups is 4. The van der Waals surface area contributed by atoms with Crippen LogP contribution in [0.4, 0.5) is 5.13 Å². The molecule has 2 aliphatic heterocycles. The minimum absolute atomic E-state index is 0.0425. The maximum Gasteiger partial charge on any atom is 0.358 e. The number of nitrogens with one attached hydrogen (secondary N) is 1. The molecule has 3 N–H and O–H groups in total. The predicted octanol–water partition coefficient (Wildman–Crippen LogP) is -0.185. The molecule has 4 rings (SSSR count). The fourth-order valence-electron chi connectivity index (χ4n) is 3.68. The Labute approximate surface area is 236 Å². The quantitative estimate of drug-likeness (QED) is 0.127. The molecule has 0 aromatic carbocycles. The summed E-state index contributed by atoms with van der Waals surface area (Å²) < 4.78 is 10.3. The Morgan fingerprint density at radius 3 is 2.62 bits per heavy atom. The fourth-order valence-corrected chi connectivity index (χ4v) is 5.56. The normalized spacial score (nSPS) is 19.1. The number of oxime groups is 1. The van der Waals surface area contributed by atoms with Gasteiger partial charge in [-0.3, -0.25) is 19.3 Å². The second-order valence-electron chi connectivity index (χ2n) is 9.61. The van der Waals surface area contributed by atoms with Gasteiger partial charge in [-0.2, -0.15) is 4.80 Å². The molecule has 18 heteroatoms. The van der Waals surface area contributed by atoms with E-state index in [4.69, 9.17) is 20.0 Å². The molecule has 214 valence electrons. The van der Waals surface area contributed by atoms with Crippen LogP contribution in [0.3, 0.4) is 0 Å². The molecule has 2 aromatic rings. The number of esters is 2. The highest BCUT2D eigenvalue weighted by Gasteiger charge is 2.55. The summed E-state index contributed by atoms with van der Waals surface area (Å²) in [5.41, 5.74) is 5.35. The van der Waals surface area contributed by atoms with Crippen molar-refractivity contribution in [1.82, 2.24) is 35.4 Å². The lowest BCUT2D eigenvalue weighted by Gasteiger charge is -2.49. The SMILES string of the molecule is CO/N=C(/C(=O)NC1C(=O)N2C(C(=O)OCOC(=O)C(C)(C)C)=C(Cn3nnc(C)n3)CS[C@H]12)c1csc(N)n1. The lowest BCUT2D eigenvalue weighted by Crippen LogP contribution is -2.71. The smallest absolute Gasteiger partial charge is 0.358 e. The molecule has 0 bridgehead atoms. The van der Waals surface area contributed by atoms with Crippen LogP contribution < -0.4 is 11.1 Å². The third-order valence-electron chi connectivity index (χ3n) is 5.57. The number of ether oxygens (including phenoxy) is 2. The second-order valence-corrected chi connectivity index (χ2v) is 11.6. The van der Waals surface area contributed by atoms with E-state index in [1.165, 1.54) is 33.9 Å². The maximum atomic E-state index is 13.3. The number of aryl methyl sites for hydroxylation is 1. The van der Waals surface area contributed by atoms with Crippen LogP contribution >= 0.6 is 23.1 Å². The van der Waals surface area contributed by atoms with Crippen molar-refractivity contribution >= 4 is 57.7 Å². The molecule has 0 aliphatic carbocycles. The zero-order chi connectivity index (χ0) is 29.2. The number of thioether (sulfide) groups is 1.